The van der Waals surface area contributed by atoms with Crippen LogP contribution < -0.4 is 5.32 Å². The lowest BCUT2D eigenvalue weighted by atomic mass is 9.53. The van der Waals surface area contributed by atoms with Crippen LogP contribution in [-0.2, 0) is 19.1 Å². The second-order valence-electron chi connectivity index (χ2n) is 8.39. The second-order valence-corrected chi connectivity index (χ2v) is 8.39. The molecule has 2 saturated carbocycles. The Kier molecular flexibility index (Phi) is 5.03. The van der Waals surface area contributed by atoms with E-state index in [1.54, 1.807) is 6.92 Å². The van der Waals surface area contributed by atoms with Crippen molar-refractivity contribution in [3.8, 4) is 0 Å². The summed E-state index contributed by atoms with van der Waals surface area (Å²) in [6, 6.07) is 0. The van der Waals surface area contributed by atoms with Gasteiger partial charge in [-0.05, 0) is 31.6 Å². The summed E-state index contributed by atoms with van der Waals surface area (Å²) in [5, 5.41) is 3.02. The van der Waals surface area contributed by atoms with Crippen LogP contribution in [0, 0.1) is 17.3 Å². The zero-order valence-electron chi connectivity index (χ0n) is 15.2. The molecule has 136 valence electrons. The number of carbonyl (C=O) groups excluding carboxylic acids is 2. The van der Waals surface area contributed by atoms with Crippen LogP contribution in [0.1, 0.15) is 65.7 Å². The number of rotatable bonds is 4. The molecule has 5 nitrogen and oxygen atoms in total. The summed E-state index contributed by atoms with van der Waals surface area (Å²) in [4.78, 5) is 24.1. The van der Waals surface area contributed by atoms with Gasteiger partial charge in [0.2, 0.25) is 5.91 Å². The minimum atomic E-state index is -0.401. The van der Waals surface area contributed by atoms with Crippen molar-refractivity contribution in [2.75, 3.05) is 13.2 Å². The maximum atomic E-state index is 12.5. The molecular weight excluding hydrogens is 306 g/mol. The molecule has 3 fully saturated rings. The number of amides is 1. The fraction of sp³-hybridized carbons (Fsp3) is 0.895. The first-order chi connectivity index (χ1) is 11.3. The van der Waals surface area contributed by atoms with Crippen molar-refractivity contribution in [1.29, 1.82) is 0 Å². The van der Waals surface area contributed by atoms with Crippen molar-refractivity contribution in [2.45, 2.75) is 77.6 Å². The fourth-order valence-corrected chi connectivity index (χ4v) is 4.64. The fourth-order valence-electron chi connectivity index (χ4n) is 4.64. The van der Waals surface area contributed by atoms with Gasteiger partial charge in [0.1, 0.15) is 11.9 Å². The predicted molar refractivity (Wildman–Crippen MR) is 90.3 cm³/mol. The Hall–Kier alpha value is -0.940. The summed E-state index contributed by atoms with van der Waals surface area (Å²) in [5.74, 6) is -0.245. The highest BCUT2D eigenvalue weighted by atomic mass is 16.7. The molecule has 0 aromatic rings. The van der Waals surface area contributed by atoms with Crippen molar-refractivity contribution in [2.24, 2.45) is 17.3 Å². The van der Waals surface area contributed by atoms with Gasteiger partial charge in [-0.25, -0.2) is 0 Å². The standard InChI is InChI=1S/C19H31NO4/c1-13(21)15-10-16(18(15,2)3)17(22)20-11-14-12-23-19(24-14)8-6-4-5-7-9-19/h14-16H,4-12H2,1-3H3,(H,20,22)/t14?,15-,16+/m0/s1. The van der Waals surface area contributed by atoms with Crippen molar-refractivity contribution >= 4 is 11.7 Å². The lowest BCUT2D eigenvalue weighted by molar-refractivity contribution is -0.176. The average Bonchev–Trinajstić information content (AvgIpc) is 2.75. The van der Waals surface area contributed by atoms with Crippen molar-refractivity contribution in [3.63, 3.8) is 0 Å². The summed E-state index contributed by atoms with van der Waals surface area (Å²) in [6.07, 6.45) is 7.36. The molecule has 1 N–H and O–H groups in total. The molecule has 24 heavy (non-hydrogen) atoms. The number of hydrogen-bond donors (Lipinski definition) is 1. The Morgan fingerprint density at radius 2 is 1.75 bits per heavy atom. The highest BCUT2D eigenvalue weighted by Crippen LogP contribution is 2.51. The van der Waals surface area contributed by atoms with Gasteiger partial charge >= 0.3 is 0 Å². The van der Waals surface area contributed by atoms with Gasteiger partial charge in [0, 0.05) is 31.2 Å². The topological polar surface area (TPSA) is 64.6 Å². The number of ketones is 1. The average molecular weight is 337 g/mol. The molecule has 3 atom stereocenters. The highest BCUT2D eigenvalue weighted by Gasteiger charge is 2.53. The van der Waals surface area contributed by atoms with Crippen LogP contribution in [0.4, 0.5) is 0 Å². The summed E-state index contributed by atoms with van der Waals surface area (Å²) in [6.45, 7) is 6.71. The molecule has 1 saturated heterocycles. The lowest BCUT2D eigenvalue weighted by Crippen LogP contribution is -2.55. The number of carbonyl (C=O) groups is 2. The van der Waals surface area contributed by atoms with Crippen LogP contribution in [0.15, 0.2) is 0 Å². The molecule has 1 spiro atoms. The number of hydrogen-bond acceptors (Lipinski definition) is 4. The lowest BCUT2D eigenvalue weighted by Gasteiger charge is -2.49. The van der Waals surface area contributed by atoms with E-state index in [-0.39, 0.29) is 35.0 Å². The van der Waals surface area contributed by atoms with E-state index < -0.39 is 5.79 Å². The van der Waals surface area contributed by atoms with E-state index in [0.717, 1.165) is 25.7 Å². The quantitative estimate of drug-likeness (QED) is 0.857. The second kappa shape index (κ2) is 6.75. The first-order valence-electron chi connectivity index (χ1n) is 9.44. The SMILES string of the molecule is CC(=O)[C@@H]1C[C@H](C(=O)NCC2COC3(CCCCCC3)O2)C1(C)C. The van der Waals surface area contributed by atoms with Crippen LogP contribution >= 0.6 is 0 Å². The van der Waals surface area contributed by atoms with E-state index in [4.69, 9.17) is 9.47 Å². The van der Waals surface area contributed by atoms with Gasteiger partial charge < -0.3 is 14.8 Å². The van der Waals surface area contributed by atoms with Gasteiger partial charge in [-0.1, -0.05) is 26.7 Å². The third-order valence-corrected chi connectivity index (χ3v) is 6.36. The molecule has 0 radical (unpaired) electrons. The molecule has 0 aromatic heterocycles. The number of Topliss-reactive ketones (excluding diaryl/α,β-unsaturated/α-hetero) is 1. The molecule has 1 heterocycles. The Labute approximate surface area is 144 Å². The third kappa shape index (κ3) is 3.38. The van der Waals surface area contributed by atoms with Crippen LogP contribution in [-0.4, -0.2) is 36.7 Å². The van der Waals surface area contributed by atoms with Gasteiger partial charge in [0.15, 0.2) is 5.79 Å². The summed E-state index contributed by atoms with van der Waals surface area (Å²) in [7, 11) is 0. The van der Waals surface area contributed by atoms with Crippen LogP contribution in [0.5, 0.6) is 0 Å². The molecule has 1 aliphatic heterocycles. The van der Waals surface area contributed by atoms with E-state index in [9.17, 15) is 9.59 Å². The largest absolute Gasteiger partial charge is 0.353 e. The molecular formula is C19H31NO4. The Morgan fingerprint density at radius 3 is 2.33 bits per heavy atom. The third-order valence-electron chi connectivity index (χ3n) is 6.36. The molecule has 0 aromatic carbocycles. The monoisotopic (exact) mass is 337 g/mol. The zero-order valence-corrected chi connectivity index (χ0v) is 15.2. The Morgan fingerprint density at radius 1 is 1.08 bits per heavy atom. The molecule has 1 amide bonds. The first kappa shape index (κ1) is 17.9. The maximum Gasteiger partial charge on any atom is 0.223 e. The molecule has 2 aliphatic carbocycles. The minimum Gasteiger partial charge on any atom is -0.353 e. The van der Waals surface area contributed by atoms with Gasteiger partial charge in [-0.2, -0.15) is 0 Å². The summed E-state index contributed by atoms with van der Waals surface area (Å²) < 4.78 is 12.2. The highest BCUT2D eigenvalue weighted by molar-refractivity contribution is 5.87. The zero-order chi connectivity index (χ0) is 17.4. The molecule has 5 heteroatoms. The number of nitrogens with one attached hydrogen (secondary N) is 1. The minimum absolute atomic E-state index is 0.00794. The van der Waals surface area contributed by atoms with Crippen molar-refractivity contribution < 1.29 is 19.1 Å². The Balaban J connectivity index is 1.47. The smallest absolute Gasteiger partial charge is 0.223 e. The van der Waals surface area contributed by atoms with Crippen molar-refractivity contribution in [3.05, 3.63) is 0 Å². The Bertz CT molecular complexity index is 494. The van der Waals surface area contributed by atoms with E-state index in [1.807, 2.05) is 13.8 Å². The molecule has 1 unspecified atom stereocenters. The van der Waals surface area contributed by atoms with E-state index in [0.29, 0.717) is 19.6 Å². The van der Waals surface area contributed by atoms with Gasteiger partial charge in [0.05, 0.1) is 6.61 Å². The molecule has 0 bridgehead atoms. The van der Waals surface area contributed by atoms with Crippen LogP contribution in [0.3, 0.4) is 0 Å². The van der Waals surface area contributed by atoms with Gasteiger partial charge in [0.25, 0.3) is 0 Å². The predicted octanol–water partition coefficient (Wildman–Crippen LogP) is 2.82. The van der Waals surface area contributed by atoms with Crippen LogP contribution in [0.25, 0.3) is 0 Å². The van der Waals surface area contributed by atoms with E-state index in [2.05, 4.69) is 5.32 Å². The number of ether oxygens (including phenoxy) is 2. The van der Waals surface area contributed by atoms with Gasteiger partial charge in [-0.3, -0.25) is 9.59 Å². The van der Waals surface area contributed by atoms with Crippen molar-refractivity contribution in [1.82, 2.24) is 5.32 Å². The normalized spacial score (nSPS) is 34.4. The first-order valence-corrected chi connectivity index (χ1v) is 9.44. The van der Waals surface area contributed by atoms with Gasteiger partial charge in [-0.15, -0.1) is 0 Å². The van der Waals surface area contributed by atoms with E-state index in [1.165, 1.54) is 12.8 Å². The maximum absolute atomic E-state index is 12.5. The molecule has 3 aliphatic rings. The van der Waals surface area contributed by atoms with Crippen LogP contribution in [0.2, 0.25) is 0 Å². The summed E-state index contributed by atoms with van der Waals surface area (Å²) in [5.41, 5.74) is -0.245. The molecule has 3 rings (SSSR count). The summed E-state index contributed by atoms with van der Waals surface area (Å²) >= 11 is 0. The van der Waals surface area contributed by atoms with E-state index >= 15 is 0 Å².